The predicted molar refractivity (Wildman–Crippen MR) is 70.6 cm³/mol. The molecule has 1 aromatic carbocycles. The van der Waals surface area contributed by atoms with Crippen molar-refractivity contribution in [3.05, 3.63) is 28.6 Å². The number of fused-ring (bicyclic) bond motifs is 3. The van der Waals surface area contributed by atoms with Crippen molar-refractivity contribution in [2.75, 3.05) is 13.7 Å². The summed E-state index contributed by atoms with van der Waals surface area (Å²) in [6, 6.07) is 4.66. The Morgan fingerprint density at radius 3 is 2.80 bits per heavy atom. The van der Waals surface area contributed by atoms with Crippen LogP contribution < -0.4 is 19.8 Å². The van der Waals surface area contributed by atoms with Crippen molar-refractivity contribution in [3.8, 4) is 17.2 Å². The maximum Gasteiger partial charge on any atom is 0.336 e. The van der Waals surface area contributed by atoms with E-state index in [1.54, 1.807) is 19.1 Å². The fraction of sp³-hybridized carbons (Fsp3) is 0.357. The summed E-state index contributed by atoms with van der Waals surface area (Å²) in [7, 11) is 1.52. The Hall–Kier alpha value is -2.21. The molecular formula is C14H14O6. The quantitative estimate of drug-likeness (QED) is 0.835. The summed E-state index contributed by atoms with van der Waals surface area (Å²) in [6.07, 6.45) is -0.863. The van der Waals surface area contributed by atoms with E-state index in [9.17, 15) is 9.90 Å². The predicted octanol–water partition coefficient (Wildman–Crippen LogP) is 1.32. The zero-order chi connectivity index (χ0) is 14.3. The zero-order valence-electron chi connectivity index (χ0n) is 11.1. The minimum absolute atomic E-state index is 0.198. The van der Waals surface area contributed by atoms with Crippen LogP contribution in [0.1, 0.15) is 6.92 Å². The molecule has 1 aliphatic rings. The highest BCUT2D eigenvalue weighted by Gasteiger charge is 2.32. The molecule has 0 radical (unpaired) electrons. The van der Waals surface area contributed by atoms with Gasteiger partial charge in [0.15, 0.2) is 17.4 Å². The normalized spacial score (nSPS) is 20.9. The first-order chi connectivity index (χ1) is 9.63. The maximum absolute atomic E-state index is 11.4. The largest absolute Gasteiger partial charge is 0.493 e. The second kappa shape index (κ2) is 4.72. The molecule has 0 amide bonds. The molecule has 6 nitrogen and oxygen atoms in total. The Morgan fingerprint density at radius 2 is 2.10 bits per heavy atom. The van der Waals surface area contributed by atoms with Gasteiger partial charge in [0.05, 0.1) is 13.7 Å². The van der Waals surface area contributed by atoms with Gasteiger partial charge in [-0.2, -0.15) is 0 Å². The smallest absolute Gasteiger partial charge is 0.336 e. The Balaban J connectivity index is 2.29. The standard InChI is InChI=1S/C14H14O6/c1-7-10(6-15)19-14-12-8(3-4-11(16)20-12)5-9(17-2)13(14)18-7/h3-5,7,10,15H,6H2,1-2H3/t7?,10-/m1/s1. The van der Waals surface area contributed by atoms with Gasteiger partial charge in [-0.05, 0) is 19.1 Å². The number of hydrogen-bond donors (Lipinski definition) is 1. The number of methoxy groups -OCH3 is 1. The number of hydrogen-bond acceptors (Lipinski definition) is 6. The molecule has 0 saturated heterocycles. The van der Waals surface area contributed by atoms with Crippen LogP contribution in [-0.2, 0) is 0 Å². The summed E-state index contributed by atoms with van der Waals surface area (Å²) in [6.45, 7) is 1.59. The van der Waals surface area contributed by atoms with E-state index < -0.39 is 11.7 Å². The zero-order valence-corrected chi connectivity index (χ0v) is 11.1. The van der Waals surface area contributed by atoms with Crippen molar-refractivity contribution >= 4 is 11.0 Å². The van der Waals surface area contributed by atoms with Gasteiger partial charge in [-0.25, -0.2) is 4.79 Å². The van der Waals surface area contributed by atoms with E-state index in [0.717, 1.165) is 0 Å². The molecule has 0 saturated carbocycles. The van der Waals surface area contributed by atoms with Crippen molar-refractivity contribution in [3.63, 3.8) is 0 Å². The first kappa shape index (κ1) is 12.8. The lowest BCUT2D eigenvalue weighted by atomic mass is 10.1. The number of rotatable bonds is 2. The van der Waals surface area contributed by atoms with Gasteiger partial charge < -0.3 is 23.7 Å². The van der Waals surface area contributed by atoms with E-state index in [4.69, 9.17) is 18.6 Å². The van der Waals surface area contributed by atoms with Crippen LogP contribution in [0.2, 0.25) is 0 Å². The molecule has 2 aromatic rings. The Kier molecular flexibility index (Phi) is 3.02. The molecule has 0 bridgehead atoms. The molecule has 1 unspecified atom stereocenters. The van der Waals surface area contributed by atoms with E-state index in [0.29, 0.717) is 22.5 Å². The first-order valence-electron chi connectivity index (χ1n) is 6.23. The highest BCUT2D eigenvalue weighted by Crippen LogP contribution is 2.46. The molecule has 1 aliphatic heterocycles. The average molecular weight is 278 g/mol. The summed E-state index contributed by atoms with van der Waals surface area (Å²) in [4.78, 5) is 11.4. The number of aliphatic hydroxyl groups is 1. The molecule has 2 heterocycles. The van der Waals surface area contributed by atoms with Gasteiger partial charge in [0.2, 0.25) is 11.5 Å². The van der Waals surface area contributed by atoms with E-state index in [-0.39, 0.29) is 18.5 Å². The van der Waals surface area contributed by atoms with Gasteiger partial charge >= 0.3 is 5.63 Å². The van der Waals surface area contributed by atoms with Crippen LogP contribution in [0.3, 0.4) is 0 Å². The Bertz CT molecular complexity index is 705. The monoisotopic (exact) mass is 278 g/mol. The van der Waals surface area contributed by atoms with Crippen LogP contribution in [-0.4, -0.2) is 31.0 Å². The van der Waals surface area contributed by atoms with Crippen LogP contribution in [0.5, 0.6) is 17.2 Å². The van der Waals surface area contributed by atoms with Gasteiger partial charge in [-0.1, -0.05) is 0 Å². The van der Waals surface area contributed by atoms with Crippen molar-refractivity contribution in [1.82, 2.24) is 0 Å². The van der Waals surface area contributed by atoms with E-state index in [2.05, 4.69) is 0 Å². The van der Waals surface area contributed by atoms with E-state index in [1.807, 2.05) is 0 Å². The molecule has 0 fully saturated rings. The summed E-state index contributed by atoms with van der Waals surface area (Å²) < 4.78 is 21.9. The third kappa shape index (κ3) is 1.89. The summed E-state index contributed by atoms with van der Waals surface area (Å²) in [5.41, 5.74) is -0.189. The van der Waals surface area contributed by atoms with Gasteiger partial charge in [-0.3, -0.25) is 0 Å². The second-order valence-corrected chi connectivity index (χ2v) is 4.57. The number of benzene rings is 1. The van der Waals surface area contributed by atoms with E-state index in [1.165, 1.54) is 13.2 Å². The van der Waals surface area contributed by atoms with Gasteiger partial charge in [-0.15, -0.1) is 0 Å². The van der Waals surface area contributed by atoms with E-state index >= 15 is 0 Å². The molecule has 1 aromatic heterocycles. The lowest BCUT2D eigenvalue weighted by Crippen LogP contribution is -2.40. The molecule has 2 atom stereocenters. The SMILES string of the molecule is COc1cc2ccc(=O)oc2c2c1OC(C)[C@@H](CO)O2. The summed E-state index contributed by atoms with van der Waals surface area (Å²) >= 11 is 0. The Labute approximate surface area is 114 Å². The van der Waals surface area contributed by atoms with Crippen LogP contribution in [0.4, 0.5) is 0 Å². The minimum Gasteiger partial charge on any atom is -0.493 e. The molecule has 1 N–H and O–H groups in total. The van der Waals surface area contributed by atoms with Crippen molar-refractivity contribution in [2.45, 2.75) is 19.1 Å². The van der Waals surface area contributed by atoms with Crippen LogP contribution in [0.25, 0.3) is 11.0 Å². The summed E-state index contributed by atoms with van der Waals surface area (Å²) in [5.74, 6) is 1.16. The van der Waals surface area contributed by atoms with Crippen LogP contribution in [0.15, 0.2) is 27.4 Å². The minimum atomic E-state index is -0.525. The van der Waals surface area contributed by atoms with Crippen molar-refractivity contribution < 1.29 is 23.7 Å². The fourth-order valence-electron chi connectivity index (χ4n) is 2.20. The van der Waals surface area contributed by atoms with Gasteiger partial charge in [0.25, 0.3) is 0 Å². The van der Waals surface area contributed by atoms with Crippen molar-refractivity contribution in [2.24, 2.45) is 0 Å². The van der Waals surface area contributed by atoms with Gasteiger partial charge in [0, 0.05) is 11.5 Å². The average Bonchev–Trinajstić information content (AvgIpc) is 2.46. The molecule has 3 rings (SSSR count). The molecule has 0 aliphatic carbocycles. The Morgan fingerprint density at radius 1 is 1.30 bits per heavy atom. The number of aliphatic hydroxyl groups excluding tert-OH is 1. The van der Waals surface area contributed by atoms with Crippen LogP contribution >= 0.6 is 0 Å². The van der Waals surface area contributed by atoms with Gasteiger partial charge in [0.1, 0.15) is 6.10 Å². The summed E-state index contributed by atoms with van der Waals surface area (Å²) in [5, 5.41) is 9.97. The molecule has 20 heavy (non-hydrogen) atoms. The highest BCUT2D eigenvalue weighted by molar-refractivity contribution is 5.88. The molecule has 6 heteroatoms. The third-order valence-corrected chi connectivity index (χ3v) is 3.28. The lowest BCUT2D eigenvalue weighted by Gasteiger charge is -2.31. The second-order valence-electron chi connectivity index (χ2n) is 4.57. The molecular weight excluding hydrogens is 264 g/mol. The van der Waals surface area contributed by atoms with Crippen LogP contribution in [0, 0.1) is 0 Å². The lowest BCUT2D eigenvalue weighted by molar-refractivity contribution is -0.00304. The topological polar surface area (TPSA) is 78.1 Å². The molecule has 106 valence electrons. The third-order valence-electron chi connectivity index (χ3n) is 3.28. The van der Waals surface area contributed by atoms with Crippen molar-refractivity contribution in [1.29, 1.82) is 0 Å². The fourth-order valence-corrected chi connectivity index (χ4v) is 2.20. The maximum atomic E-state index is 11.4. The highest BCUT2D eigenvalue weighted by atomic mass is 16.6. The first-order valence-corrected chi connectivity index (χ1v) is 6.23. The molecule has 0 spiro atoms. The number of ether oxygens (including phenoxy) is 3.